The number of aromatic amines is 1. The second-order valence-corrected chi connectivity index (χ2v) is 7.65. The first-order valence-corrected chi connectivity index (χ1v) is 10.2. The quantitative estimate of drug-likeness (QED) is 0.790. The average Bonchev–Trinajstić information content (AvgIpc) is 3.15. The lowest BCUT2D eigenvalue weighted by Gasteiger charge is -2.38. The summed E-state index contributed by atoms with van der Waals surface area (Å²) in [6.07, 6.45) is 5.04. The Morgan fingerprint density at radius 3 is 2.11 bits per heavy atom. The van der Waals surface area contributed by atoms with Gasteiger partial charge in [-0.15, -0.1) is 0 Å². The topological polar surface area (TPSA) is 64.6 Å². The number of urea groups is 1. The van der Waals surface area contributed by atoms with E-state index in [4.69, 9.17) is 12.2 Å². The van der Waals surface area contributed by atoms with Gasteiger partial charge in [0.25, 0.3) is 5.91 Å². The first-order valence-electron chi connectivity index (χ1n) is 9.84. The smallest absolute Gasteiger partial charge is 0.320 e. The summed E-state index contributed by atoms with van der Waals surface area (Å²) in [6, 6.07) is 9.73. The van der Waals surface area contributed by atoms with Gasteiger partial charge < -0.3 is 19.7 Å². The van der Waals surface area contributed by atoms with Gasteiger partial charge in [0.15, 0.2) is 4.77 Å². The fraction of sp³-hybridized carbons (Fsp3) is 0.450. The third-order valence-electron chi connectivity index (χ3n) is 5.47. The standard InChI is InChI=1S/C20H25N5O2S/c26-18(17-15-21-19(28)25(17)16-7-3-1-4-8-16)22-11-13-24(14-12-22)20(27)23-9-5-2-6-10-23/h1,3-4,7-8,15H,2,5-6,9-14H2,(H,21,28). The molecular weight excluding hydrogens is 374 g/mol. The fourth-order valence-electron chi connectivity index (χ4n) is 3.91. The predicted molar refractivity (Wildman–Crippen MR) is 109 cm³/mol. The van der Waals surface area contributed by atoms with Crippen LogP contribution in [0.4, 0.5) is 4.79 Å². The number of H-pyrrole nitrogens is 1. The molecule has 1 aromatic heterocycles. The van der Waals surface area contributed by atoms with Crippen LogP contribution < -0.4 is 0 Å². The van der Waals surface area contributed by atoms with Crippen LogP contribution >= 0.6 is 12.2 Å². The Morgan fingerprint density at radius 2 is 1.43 bits per heavy atom. The zero-order valence-electron chi connectivity index (χ0n) is 15.8. The highest BCUT2D eigenvalue weighted by atomic mass is 32.1. The van der Waals surface area contributed by atoms with Crippen molar-refractivity contribution in [2.75, 3.05) is 39.3 Å². The molecule has 0 spiro atoms. The van der Waals surface area contributed by atoms with E-state index in [1.165, 1.54) is 6.42 Å². The number of carbonyl (C=O) groups is 2. The lowest BCUT2D eigenvalue weighted by Crippen LogP contribution is -2.54. The second kappa shape index (κ2) is 8.18. The highest BCUT2D eigenvalue weighted by Crippen LogP contribution is 2.17. The van der Waals surface area contributed by atoms with Crippen molar-refractivity contribution < 1.29 is 9.59 Å². The molecule has 0 bridgehead atoms. The molecule has 1 N–H and O–H groups in total. The minimum atomic E-state index is -0.0683. The molecule has 0 unspecified atom stereocenters. The van der Waals surface area contributed by atoms with Crippen molar-refractivity contribution in [2.45, 2.75) is 19.3 Å². The Labute approximate surface area is 169 Å². The van der Waals surface area contributed by atoms with E-state index in [0.29, 0.717) is 36.6 Å². The lowest BCUT2D eigenvalue weighted by atomic mass is 10.1. The summed E-state index contributed by atoms with van der Waals surface area (Å²) in [4.78, 5) is 34.4. The molecule has 2 fully saturated rings. The van der Waals surface area contributed by atoms with Crippen LogP contribution in [0.15, 0.2) is 36.5 Å². The van der Waals surface area contributed by atoms with Crippen molar-refractivity contribution in [3.63, 3.8) is 0 Å². The van der Waals surface area contributed by atoms with Crippen molar-refractivity contribution in [1.29, 1.82) is 0 Å². The minimum Gasteiger partial charge on any atom is -0.336 e. The maximum absolute atomic E-state index is 13.1. The Balaban J connectivity index is 1.44. The lowest BCUT2D eigenvalue weighted by molar-refractivity contribution is 0.0625. The molecule has 3 heterocycles. The van der Waals surface area contributed by atoms with E-state index in [2.05, 4.69) is 4.98 Å². The molecule has 2 saturated heterocycles. The van der Waals surface area contributed by atoms with E-state index < -0.39 is 0 Å². The summed E-state index contributed by atoms with van der Waals surface area (Å²) < 4.78 is 2.26. The van der Waals surface area contributed by atoms with E-state index in [-0.39, 0.29) is 11.9 Å². The van der Waals surface area contributed by atoms with Gasteiger partial charge in [-0.3, -0.25) is 9.36 Å². The second-order valence-electron chi connectivity index (χ2n) is 7.26. The number of aromatic nitrogens is 2. The molecule has 2 aliphatic heterocycles. The predicted octanol–water partition coefficient (Wildman–Crippen LogP) is 2.90. The van der Waals surface area contributed by atoms with Gasteiger partial charge in [-0.2, -0.15) is 0 Å². The van der Waals surface area contributed by atoms with Crippen LogP contribution in [0.2, 0.25) is 0 Å². The molecule has 2 aromatic rings. The monoisotopic (exact) mass is 399 g/mol. The summed E-state index contributed by atoms with van der Waals surface area (Å²) in [5, 5.41) is 0. The fourth-order valence-corrected chi connectivity index (χ4v) is 4.17. The molecule has 7 nitrogen and oxygen atoms in total. The van der Waals surface area contributed by atoms with E-state index in [1.807, 2.05) is 40.1 Å². The molecule has 0 radical (unpaired) electrons. The van der Waals surface area contributed by atoms with Gasteiger partial charge in [-0.25, -0.2) is 4.79 Å². The number of nitrogens with one attached hydrogen (secondary N) is 1. The number of hydrogen-bond acceptors (Lipinski definition) is 3. The molecule has 0 aliphatic carbocycles. The zero-order valence-corrected chi connectivity index (χ0v) is 16.7. The first-order chi connectivity index (χ1) is 13.6. The average molecular weight is 400 g/mol. The first kappa shape index (κ1) is 18.7. The minimum absolute atomic E-state index is 0.0683. The van der Waals surface area contributed by atoms with Gasteiger partial charge in [0.2, 0.25) is 0 Å². The van der Waals surface area contributed by atoms with Gasteiger partial charge in [0, 0.05) is 51.2 Å². The highest BCUT2D eigenvalue weighted by molar-refractivity contribution is 7.71. The van der Waals surface area contributed by atoms with Crippen LogP contribution in [0.5, 0.6) is 0 Å². The van der Waals surface area contributed by atoms with Crippen molar-refractivity contribution in [3.8, 4) is 5.69 Å². The van der Waals surface area contributed by atoms with Gasteiger partial charge in [0.05, 0.1) is 0 Å². The number of likely N-dealkylation sites (tertiary alicyclic amines) is 1. The Kier molecular flexibility index (Phi) is 5.47. The molecule has 4 rings (SSSR count). The maximum Gasteiger partial charge on any atom is 0.320 e. The number of hydrogen-bond donors (Lipinski definition) is 1. The number of rotatable bonds is 2. The third-order valence-corrected chi connectivity index (χ3v) is 5.77. The molecule has 1 aromatic carbocycles. The van der Waals surface area contributed by atoms with E-state index >= 15 is 0 Å². The summed E-state index contributed by atoms with van der Waals surface area (Å²) in [6.45, 7) is 3.89. The van der Waals surface area contributed by atoms with Gasteiger partial charge in [-0.1, -0.05) is 18.2 Å². The Hall–Kier alpha value is -2.61. The van der Waals surface area contributed by atoms with Crippen LogP contribution in [-0.4, -0.2) is 75.5 Å². The number of nitrogens with zero attached hydrogens (tertiary/aromatic N) is 4. The van der Waals surface area contributed by atoms with E-state index in [0.717, 1.165) is 31.6 Å². The SMILES string of the molecule is O=C(c1c[nH]c(=S)n1-c1ccccc1)N1CCN(C(=O)N2CCCCC2)CC1. The van der Waals surface area contributed by atoms with Gasteiger partial charge in [0.1, 0.15) is 5.69 Å². The molecular formula is C20H25N5O2S. The van der Waals surface area contributed by atoms with Crippen molar-refractivity contribution in [3.05, 3.63) is 47.0 Å². The summed E-state index contributed by atoms with van der Waals surface area (Å²) in [7, 11) is 0. The molecule has 0 atom stereocenters. The van der Waals surface area contributed by atoms with E-state index in [1.54, 1.807) is 15.7 Å². The number of para-hydroxylation sites is 1. The van der Waals surface area contributed by atoms with Crippen molar-refractivity contribution >= 4 is 24.2 Å². The number of piperidine rings is 1. The Bertz CT molecular complexity index is 893. The van der Waals surface area contributed by atoms with Gasteiger partial charge >= 0.3 is 6.03 Å². The number of piperazine rings is 1. The summed E-state index contributed by atoms with van der Waals surface area (Å²) in [5.41, 5.74) is 1.38. The van der Waals surface area contributed by atoms with Crippen LogP contribution in [0, 0.1) is 4.77 Å². The van der Waals surface area contributed by atoms with Crippen LogP contribution in [0.1, 0.15) is 29.8 Å². The normalized spacial score (nSPS) is 17.6. The maximum atomic E-state index is 13.1. The van der Waals surface area contributed by atoms with Crippen molar-refractivity contribution in [1.82, 2.24) is 24.3 Å². The summed E-state index contributed by atoms with van der Waals surface area (Å²) in [5.74, 6) is -0.0683. The molecule has 28 heavy (non-hydrogen) atoms. The highest BCUT2D eigenvalue weighted by Gasteiger charge is 2.29. The van der Waals surface area contributed by atoms with Crippen LogP contribution in [0.3, 0.4) is 0 Å². The van der Waals surface area contributed by atoms with Gasteiger partial charge in [-0.05, 0) is 43.6 Å². The molecule has 0 saturated carbocycles. The molecule has 3 amide bonds. The van der Waals surface area contributed by atoms with Crippen LogP contribution in [-0.2, 0) is 0 Å². The van der Waals surface area contributed by atoms with Crippen LogP contribution in [0.25, 0.3) is 5.69 Å². The number of benzene rings is 1. The van der Waals surface area contributed by atoms with Crippen molar-refractivity contribution in [2.24, 2.45) is 0 Å². The largest absolute Gasteiger partial charge is 0.336 e. The van der Waals surface area contributed by atoms with E-state index in [9.17, 15) is 9.59 Å². The molecule has 2 aliphatic rings. The number of amides is 3. The summed E-state index contributed by atoms with van der Waals surface area (Å²) >= 11 is 5.38. The number of carbonyl (C=O) groups excluding carboxylic acids is 2. The molecule has 8 heteroatoms. The zero-order chi connectivity index (χ0) is 19.5. The number of imidazole rings is 1. The third kappa shape index (κ3) is 3.69. The molecule has 148 valence electrons. The Morgan fingerprint density at radius 1 is 0.821 bits per heavy atom.